The number of fused-ring (bicyclic) bond motifs is 1. The Labute approximate surface area is 118 Å². The highest BCUT2D eigenvalue weighted by molar-refractivity contribution is 5.44. The third kappa shape index (κ3) is 2.91. The molecular weight excluding hydrogens is 252 g/mol. The van der Waals surface area contributed by atoms with Gasteiger partial charge in [0.15, 0.2) is 11.5 Å². The minimum atomic E-state index is 0.249. The highest BCUT2D eigenvalue weighted by atomic mass is 16.6. The molecule has 3 rings (SSSR count). The van der Waals surface area contributed by atoms with E-state index in [1.165, 1.54) is 11.1 Å². The Kier molecular flexibility index (Phi) is 3.83. The fourth-order valence-corrected chi connectivity index (χ4v) is 2.22. The van der Waals surface area contributed by atoms with Gasteiger partial charge in [-0.3, -0.25) is 4.98 Å². The van der Waals surface area contributed by atoms with E-state index in [0.717, 1.165) is 18.0 Å². The summed E-state index contributed by atoms with van der Waals surface area (Å²) in [5.74, 6) is 1.67. The smallest absolute Gasteiger partial charge is 0.161 e. The molecule has 1 unspecified atom stereocenters. The molecule has 1 atom stereocenters. The number of hydrogen-bond donors (Lipinski definition) is 1. The minimum Gasteiger partial charge on any atom is -0.486 e. The number of nitrogens with zero attached hydrogens (tertiary/aromatic N) is 1. The van der Waals surface area contributed by atoms with Crippen LogP contribution in [-0.4, -0.2) is 18.2 Å². The third-order valence-corrected chi connectivity index (χ3v) is 3.43. The van der Waals surface area contributed by atoms with Crippen molar-refractivity contribution in [1.82, 2.24) is 10.3 Å². The zero-order chi connectivity index (χ0) is 13.8. The summed E-state index contributed by atoms with van der Waals surface area (Å²) in [7, 11) is 0. The first-order valence-corrected chi connectivity index (χ1v) is 6.85. The summed E-state index contributed by atoms with van der Waals surface area (Å²) in [5, 5.41) is 3.50. The highest BCUT2D eigenvalue weighted by Crippen LogP contribution is 2.32. The summed E-state index contributed by atoms with van der Waals surface area (Å²) < 4.78 is 11.2. The van der Waals surface area contributed by atoms with Crippen molar-refractivity contribution in [2.24, 2.45) is 0 Å². The maximum Gasteiger partial charge on any atom is 0.161 e. The van der Waals surface area contributed by atoms with Gasteiger partial charge < -0.3 is 14.8 Å². The Morgan fingerprint density at radius 1 is 1.10 bits per heavy atom. The zero-order valence-electron chi connectivity index (χ0n) is 11.5. The van der Waals surface area contributed by atoms with Crippen molar-refractivity contribution in [1.29, 1.82) is 0 Å². The van der Waals surface area contributed by atoms with Gasteiger partial charge in [-0.2, -0.15) is 0 Å². The van der Waals surface area contributed by atoms with E-state index in [9.17, 15) is 0 Å². The van der Waals surface area contributed by atoms with E-state index < -0.39 is 0 Å². The van der Waals surface area contributed by atoms with E-state index in [4.69, 9.17) is 9.47 Å². The fraction of sp³-hybridized carbons (Fsp3) is 0.312. The van der Waals surface area contributed by atoms with Crippen molar-refractivity contribution in [2.45, 2.75) is 19.5 Å². The second-order valence-electron chi connectivity index (χ2n) is 4.86. The van der Waals surface area contributed by atoms with E-state index in [1.807, 2.05) is 30.6 Å². The number of pyridine rings is 1. The van der Waals surface area contributed by atoms with Gasteiger partial charge in [-0.25, -0.2) is 0 Å². The van der Waals surface area contributed by atoms with Crippen LogP contribution in [0.4, 0.5) is 0 Å². The molecule has 0 bridgehead atoms. The van der Waals surface area contributed by atoms with Gasteiger partial charge in [0.2, 0.25) is 0 Å². The molecule has 104 valence electrons. The fourth-order valence-electron chi connectivity index (χ4n) is 2.22. The maximum absolute atomic E-state index is 5.62. The molecular formula is C16H18N2O2. The van der Waals surface area contributed by atoms with E-state index >= 15 is 0 Å². The van der Waals surface area contributed by atoms with Crippen molar-refractivity contribution in [2.75, 3.05) is 13.2 Å². The first kappa shape index (κ1) is 12.9. The molecule has 0 saturated carbocycles. The quantitative estimate of drug-likeness (QED) is 0.927. The second kappa shape index (κ2) is 5.92. The van der Waals surface area contributed by atoms with Gasteiger partial charge >= 0.3 is 0 Å². The van der Waals surface area contributed by atoms with E-state index in [-0.39, 0.29) is 6.04 Å². The predicted molar refractivity (Wildman–Crippen MR) is 76.9 cm³/mol. The molecule has 0 amide bonds. The lowest BCUT2D eigenvalue weighted by atomic mass is 10.1. The first-order chi connectivity index (χ1) is 9.83. The summed E-state index contributed by atoms with van der Waals surface area (Å²) in [5.41, 5.74) is 2.42. The Hall–Kier alpha value is -2.07. The number of aromatic nitrogens is 1. The summed E-state index contributed by atoms with van der Waals surface area (Å²) >= 11 is 0. The van der Waals surface area contributed by atoms with Crippen LogP contribution in [0.1, 0.15) is 24.1 Å². The normalized spacial score (nSPS) is 14.8. The number of hydrogen-bond acceptors (Lipinski definition) is 4. The lowest BCUT2D eigenvalue weighted by molar-refractivity contribution is 0.171. The van der Waals surface area contributed by atoms with E-state index in [0.29, 0.717) is 13.2 Å². The molecule has 1 aliphatic heterocycles. The summed E-state index contributed by atoms with van der Waals surface area (Å²) in [6.07, 6.45) is 3.62. The molecule has 2 aromatic rings. The molecule has 0 saturated heterocycles. The van der Waals surface area contributed by atoms with Crippen LogP contribution in [0.25, 0.3) is 0 Å². The average Bonchev–Trinajstić information content (AvgIpc) is 2.53. The second-order valence-corrected chi connectivity index (χ2v) is 4.86. The van der Waals surface area contributed by atoms with Crippen LogP contribution >= 0.6 is 0 Å². The standard InChI is InChI=1S/C16H18N2O2/c1-12(18-11-13-4-6-17-7-5-13)14-2-3-15-16(10-14)20-9-8-19-15/h2-7,10,12,18H,8-9,11H2,1H3. The molecule has 0 fully saturated rings. The van der Waals surface area contributed by atoms with Crippen molar-refractivity contribution >= 4 is 0 Å². The monoisotopic (exact) mass is 270 g/mol. The van der Waals surface area contributed by atoms with Crippen molar-refractivity contribution in [3.63, 3.8) is 0 Å². The lowest BCUT2D eigenvalue weighted by Crippen LogP contribution is -2.19. The Balaban J connectivity index is 1.66. The minimum absolute atomic E-state index is 0.249. The summed E-state index contributed by atoms with van der Waals surface area (Å²) in [6, 6.07) is 10.4. The average molecular weight is 270 g/mol. The van der Waals surface area contributed by atoms with Gasteiger partial charge in [0, 0.05) is 25.0 Å². The van der Waals surface area contributed by atoms with Crippen molar-refractivity contribution in [3.8, 4) is 11.5 Å². The Morgan fingerprint density at radius 2 is 1.85 bits per heavy atom. The number of rotatable bonds is 4. The third-order valence-electron chi connectivity index (χ3n) is 3.43. The number of ether oxygens (including phenoxy) is 2. The number of benzene rings is 1. The van der Waals surface area contributed by atoms with Gasteiger partial charge in [-0.15, -0.1) is 0 Å². The SMILES string of the molecule is CC(NCc1ccncc1)c1ccc2c(c1)OCCO2. The molecule has 1 aromatic heterocycles. The van der Waals surface area contributed by atoms with Gasteiger partial charge in [-0.05, 0) is 42.3 Å². The van der Waals surface area contributed by atoms with Gasteiger partial charge in [0.05, 0.1) is 0 Å². The lowest BCUT2D eigenvalue weighted by Gasteiger charge is -2.21. The van der Waals surface area contributed by atoms with Crippen molar-refractivity contribution in [3.05, 3.63) is 53.9 Å². The molecule has 1 aromatic carbocycles. The van der Waals surface area contributed by atoms with Crippen LogP contribution in [0.15, 0.2) is 42.7 Å². The largest absolute Gasteiger partial charge is 0.486 e. The topological polar surface area (TPSA) is 43.4 Å². The maximum atomic E-state index is 5.62. The highest BCUT2D eigenvalue weighted by Gasteiger charge is 2.14. The van der Waals surface area contributed by atoms with Gasteiger partial charge in [0.1, 0.15) is 13.2 Å². The molecule has 20 heavy (non-hydrogen) atoms. The molecule has 0 radical (unpaired) electrons. The zero-order valence-corrected chi connectivity index (χ0v) is 11.5. The Morgan fingerprint density at radius 3 is 2.65 bits per heavy atom. The summed E-state index contributed by atoms with van der Waals surface area (Å²) in [4.78, 5) is 4.02. The summed E-state index contributed by atoms with van der Waals surface area (Å²) in [6.45, 7) is 4.21. The van der Waals surface area contributed by atoms with Crippen LogP contribution in [0.3, 0.4) is 0 Å². The molecule has 0 spiro atoms. The van der Waals surface area contributed by atoms with Crippen molar-refractivity contribution < 1.29 is 9.47 Å². The molecule has 4 nitrogen and oxygen atoms in total. The van der Waals surface area contributed by atoms with E-state index in [2.05, 4.69) is 29.4 Å². The Bertz CT molecular complexity index is 572. The van der Waals surface area contributed by atoms with Crippen LogP contribution in [-0.2, 0) is 6.54 Å². The molecule has 1 aliphatic rings. The van der Waals surface area contributed by atoms with Crippen LogP contribution in [0.2, 0.25) is 0 Å². The molecule has 0 aliphatic carbocycles. The first-order valence-electron chi connectivity index (χ1n) is 6.85. The molecule has 4 heteroatoms. The number of nitrogens with one attached hydrogen (secondary N) is 1. The van der Waals surface area contributed by atoms with Gasteiger partial charge in [0.25, 0.3) is 0 Å². The van der Waals surface area contributed by atoms with Crippen LogP contribution in [0.5, 0.6) is 11.5 Å². The van der Waals surface area contributed by atoms with Gasteiger partial charge in [-0.1, -0.05) is 6.07 Å². The van der Waals surface area contributed by atoms with Crippen LogP contribution < -0.4 is 14.8 Å². The van der Waals surface area contributed by atoms with Crippen LogP contribution in [0, 0.1) is 0 Å². The van der Waals surface area contributed by atoms with E-state index in [1.54, 1.807) is 0 Å². The molecule has 2 heterocycles. The predicted octanol–water partition coefficient (Wildman–Crippen LogP) is 2.70. The molecule has 1 N–H and O–H groups in total.